The van der Waals surface area contributed by atoms with Crippen LogP contribution in [0.2, 0.25) is 5.02 Å². The predicted octanol–water partition coefficient (Wildman–Crippen LogP) is 3.11. The van der Waals surface area contributed by atoms with Crippen molar-refractivity contribution in [2.24, 2.45) is 0 Å². The molecule has 1 saturated heterocycles. The maximum Gasteiger partial charge on any atom is 0.238 e. The fraction of sp³-hybridized carbons (Fsp3) is 0.263. The highest BCUT2D eigenvalue weighted by Crippen LogP contribution is 2.22. The topological polar surface area (TPSA) is 59.4 Å². The molecular weight excluding hydrogens is 355 g/mol. The number of hydrogen-bond donors (Lipinski definition) is 1. The van der Waals surface area contributed by atoms with Gasteiger partial charge < -0.3 is 10.2 Å². The average Bonchev–Trinajstić information content (AvgIpc) is 2.64. The Hall–Kier alpha value is -2.62. The fourth-order valence-corrected chi connectivity index (χ4v) is 3.08. The smallest absolute Gasteiger partial charge is 0.238 e. The molecule has 1 aliphatic rings. The summed E-state index contributed by atoms with van der Waals surface area (Å²) < 4.78 is 13.3. The number of rotatable bonds is 4. The lowest BCUT2D eigenvalue weighted by Gasteiger charge is -2.36. The molecule has 0 aromatic heterocycles. The predicted molar refractivity (Wildman–Crippen MR) is 99.8 cm³/mol. The number of benzene rings is 2. The highest BCUT2D eigenvalue weighted by Gasteiger charge is 2.21. The van der Waals surface area contributed by atoms with Crippen LogP contribution in [0.25, 0.3) is 0 Å². The Morgan fingerprint density at radius 1 is 1.15 bits per heavy atom. The van der Waals surface area contributed by atoms with Crippen molar-refractivity contribution in [3.8, 4) is 6.07 Å². The summed E-state index contributed by atoms with van der Waals surface area (Å²) in [6.45, 7) is 3.03. The summed E-state index contributed by atoms with van der Waals surface area (Å²) in [5.74, 6) is -0.497. The number of hydrogen-bond acceptors (Lipinski definition) is 4. The van der Waals surface area contributed by atoms with Crippen LogP contribution in [0.15, 0.2) is 42.5 Å². The molecule has 1 fully saturated rings. The van der Waals surface area contributed by atoms with Gasteiger partial charge in [-0.05, 0) is 42.5 Å². The summed E-state index contributed by atoms with van der Waals surface area (Å²) in [4.78, 5) is 16.3. The lowest BCUT2D eigenvalue weighted by Crippen LogP contribution is -2.48. The van der Waals surface area contributed by atoms with Crippen molar-refractivity contribution in [2.45, 2.75) is 0 Å². The van der Waals surface area contributed by atoms with Gasteiger partial charge in [-0.2, -0.15) is 5.26 Å². The van der Waals surface area contributed by atoms with Crippen LogP contribution in [-0.4, -0.2) is 43.5 Å². The molecule has 0 spiro atoms. The van der Waals surface area contributed by atoms with Gasteiger partial charge in [0.2, 0.25) is 5.91 Å². The number of amides is 1. The van der Waals surface area contributed by atoms with E-state index in [2.05, 4.69) is 10.2 Å². The molecule has 0 atom stereocenters. The van der Waals surface area contributed by atoms with E-state index in [-0.39, 0.29) is 5.91 Å². The number of piperazine rings is 1. The molecule has 26 heavy (non-hydrogen) atoms. The Kier molecular flexibility index (Phi) is 5.71. The van der Waals surface area contributed by atoms with Crippen molar-refractivity contribution < 1.29 is 9.18 Å². The molecule has 0 unspecified atom stereocenters. The third kappa shape index (κ3) is 4.51. The van der Waals surface area contributed by atoms with Gasteiger partial charge in [0, 0.05) is 36.9 Å². The zero-order valence-electron chi connectivity index (χ0n) is 14.1. The van der Waals surface area contributed by atoms with Gasteiger partial charge in [0.25, 0.3) is 0 Å². The maximum absolute atomic E-state index is 13.3. The molecule has 1 heterocycles. The number of nitriles is 1. The quantitative estimate of drug-likeness (QED) is 0.895. The van der Waals surface area contributed by atoms with Gasteiger partial charge in [0.1, 0.15) is 11.9 Å². The Labute approximate surface area is 156 Å². The van der Waals surface area contributed by atoms with Crippen LogP contribution in [0, 0.1) is 17.1 Å². The van der Waals surface area contributed by atoms with E-state index in [1.54, 1.807) is 30.3 Å². The minimum atomic E-state index is -0.414. The second kappa shape index (κ2) is 8.17. The van der Waals surface area contributed by atoms with Crippen LogP contribution in [0.4, 0.5) is 15.8 Å². The summed E-state index contributed by atoms with van der Waals surface area (Å²) in [6.07, 6.45) is 0. The minimum Gasteiger partial charge on any atom is -0.368 e. The molecule has 7 heteroatoms. The van der Waals surface area contributed by atoms with Crippen LogP contribution in [0.3, 0.4) is 0 Å². The van der Waals surface area contributed by atoms with E-state index in [0.717, 1.165) is 5.69 Å². The molecule has 1 N–H and O–H groups in total. The molecule has 134 valence electrons. The van der Waals surface area contributed by atoms with Crippen LogP contribution >= 0.6 is 11.6 Å². The van der Waals surface area contributed by atoms with Gasteiger partial charge in [-0.15, -0.1) is 0 Å². The highest BCUT2D eigenvalue weighted by atomic mass is 35.5. The van der Waals surface area contributed by atoms with Gasteiger partial charge in [-0.3, -0.25) is 9.69 Å². The van der Waals surface area contributed by atoms with E-state index in [1.807, 2.05) is 11.0 Å². The number of carbonyl (C=O) groups excluding carboxylic acids is 1. The summed E-state index contributed by atoms with van der Waals surface area (Å²) >= 11 is 5.83. The second-order valence-electron chi connectivity index (χ2n) is 6.09. The van der Waals surface area contributed by atoms with E-state index in [0.29, 0.717) is 49.0 Å². The second-order valence-corrected chi connectivity index (χ2v) is 6.53. The van der Waals surface area contributed by atoms with Crippen molar-refractivity contribution >= 4 is 28.9 Å². The van der Waals surface area contributed by atoms with Crippen LogP contribution < -0.4 is 10.2 Å². The number of anilines is 2. The molecule has 2 aromatic carbocycles. The Morgan fingerprint density at radius 3 is 2.50 bits per heavy atom. The third-order valence-corrected chi connectivity index (χ3v) is 4.54. The van der Waals surface area contributed by atoms with E-state index < -0.39 is 5.82 Å². The van der Waals surface area contributed by atoms with Crippen LogP contribution in [-0.2, 0) is 4.79 Å². The first kappa shape index (κ1) is 18.2. The molecule has 5 nitrogen and oxygen atoms in total. The molecule has 1 amide bonds. The Balaban J connectivity index is 1.53. The first-order chi connectivity index (χ1) is 12.5. The lowest BCUT2D eigenvalue weighted by molar-refractivity contribution is -0.117. The molecule has 2 aromatic rings. The number of halogens is 2. The van der Waals surface area contributed by atoms with Crippen LogP contribution in [0.1, 0.15) is 5.56 Å². The fourth-order valence-electron chi connectivity index (χ4n) is 2.96. The summed E-state index contributed by atoms with van der Waals surface area (Å²) in [5.41, 5.74) is 1.78. The van der Waals surface area contributed by atoms with E-state index in [1.165, 1.54) is 12.1 Å². The molecule has 0 saturated carbocycles. The first-order valence-electron chi connectivity index (χ1n) is 8.27. The number of nitrogens with zero attached hydrogens (tertiary/aromatic N) is 3. The van der Waals surface area contributed by atoms with Crippen molar-refractivity contribution in [1.82, 2.24) is 4.90 Å². The van der Waals surface area contributed by atoms with Gasteiger partial charge in [-0.25, -0.2) is 4.39 Å². The lowest BCUT2D eigenvalue weighted by atomic mass is 10.1. The average molecular weight is 373 g/mol. The van der Waals surface area contributed by atoms with Gasteiger partial charge >= 0.3 is 0 Å². The Bertz CT molecular complexity index is 826. The molecule has 1 aliphatic heterocycles. The zero-order chi connectivity index (χ0) is 18.5. The van der Waals surface area contributed by atoms with Crippen molar-refractivity contribution in [3.63, 3.8) is 0 Å². The normalized spacial score (nSPS) is 14.7. The monoisotopic (exact) mass is 372 g/mol. The largest absolute Gasteiger partial charge is 0.368 e. The minimum absolute atomic E-state index is 0.0831. The summed E-state index contributed by atoms with van der Waals surface area (Å²) in [5, 5.41) is 12.7. The van der Waals surface area contributed by atoms with Crippen molar-refractivity contribution in [1.29, 1.82) is 5.26 Å². The van der Waals surface area contributed by atoms with Gasteiger partial charge in [-0.1, -0.05) is 11.6 Å². The molecular formula is C19H18ClFN4O. The Morgan fingerprint density at radius 2 is 1.85 bits per heavy atom. The van der Waals surface area contributed by atoms with Crippen LogP contribution in [0.5, 0.6) is 0 Å². The molecule has 0 radical (unpaired) electrons. The van der Waals surface area contributed by atoms with Crippen molar-refractivity contribution in [2.75, 3.05) is 42.9 Å². The number of carbonyl (C=O) groups is 1. The molecule has 0 aliphatic carbocycles. The standard InChI is InChI=1S/C19H18ClFN4O/c20-15-1-4-17(5-2-15)23-19(26)13-24-7-9-25(10-8-24)18-6-3-16(21)11-14(18)12-22/h1-6,11H,7-10,13H2,(H,23,26). The molecule has 0 bridgehead atoms. The van der Waals surface area contributed by atoms with E-state index in [9.17, 15) is 14.4 Å². The van der Waals surface area contributed by atoms with Gasteiger partial charge in [0.15, 0.2) is 0 Å². The van der Waals surface area contributed by atoms with Gasteiger partial charge in [0.05, 0.1) is 17.8 Å². The SMILES string of the molecule is N#Cc1cc(F)ccc1N1CCN(CC(=O)Nc2ccc(Cl)cc2)CC1. The number of nitrogens with one attached hydrogen (secondary N) is 1. The zero-order valence-corrected chi connectivity index (χ0v) is 14.8. The highest BCUT2D eigenvalue weighted by molar-refractivity contribution is 6.30. The van der Waals surface area contributed by atoms with E-state index in [4.69, 9.17) is 11.6 Å². The summed E-state index contributed by atoms with van der Waals surface area (Å²) in [7, 11) is 0. The first-order valence-corrected chi connectivity index (χ1v) is 8.65. The third-order valence-electron chi connectivity index (χ3n) is 4.29. The van der Waals surface area contributed by atoms with Crippen molar-refractivity contribution in [3.05, 3.63) is 58.9 Å². The summed E-state index contributed by atoms with van der Waals surface area (Å²) in [6, 6.07) is 13.3. The molecule has 3 rings (SSSR count). The maximum atomic E-state index is 13.3. The van der Waals surface area contributed by atoms with E-state index >= 15 is 0 Å².